The molecule has 3 heteroatoms. The normalized spacial score (nSPS) is 29.8. The maximum absolute atomic E-state index is 5.71. The van der Waals surface area contributed by atoms with Crippen LogP contribution in [0.3, 0.4) is 0 Å². The third-order valence-corrected chi connectivity index (χ3v) is 2.30. The van der Waals surface area contributed by atoms with Gasteiger partial charge in [0.2, 0.25) is 0 Å². The molecule has 1 saturated heterocycles. The monoisotopic (exact) mass is 178 g/mol. The average molecular weight is 178 g/mol. The Morgan fingerprint density at radius 2 is 1.77 bits per heavy atom. The van der Waals surface area contributed by atoms with Crippen LogP contribution in [0.1, 0.15) is 0 Å². The van der Waals surface area contributed by atoms with Crippen LogP contribution in [0.2, 0.25) is 0 Å². The summed E-state index contributed by atoms with van der Waals surface area (Å²) < 4.78 is 16.4. The van der Waals surface area contributed by atoms with E-state index in [2.05, 4.69) is 0 Å². The predicted molar refractivity (Wildman–Crippen MR) is 46.1 cm³/mol. The van der Waals surface area contributed by atoms with Crippen LogP contribution in [0, 0.1) is 0 Å². The molecule has 0 aliphatic carbocycles. The molecule has 2 heterocycles. The van der Waals surface area contributed by atoms with Crippen LogP contribution < -0.4 is 9.47 Å². The Labute approximate surface area is 76.2 Å². The predicted octanol–water partition coefficient (Wildman–Crippen LogP) is 1.23. The van der Waals surface area contributed by atoms with E-state index in [4.69, 9.17) is 14.2 Å². The van der Waals surface area contributed by atoms with Gasteiger partial charge in [-0.2, -0.15) is 0 Å². The highest BCUT2D eigenvalue weighted by atomic mass is 16.6. The highest BCUT2D eigenvalue weighted by molar-refractivity contribution is 5.40. The average Bonchev–Trinajstić information content (AvgIpc) is 3.00. The maximum atomic E-state index is 5.71. The number of para-hydroxylation sites is 2. The molecule has 1 fully saturated rings. The molecule has 0 amide bonds. The number of rotatable bonds is 1. The lowest BCUT2D eigenvalue weighted by Crippen LogP contribution is -2.33. The third-order valence-electron chi connectivity index (χ3n) is 2.30. The van der Waals surface area contributed by atoms with Crippen LogP contribution in [0.25, 0.3) is 0 Å². The second-order valence-corrected chi connectivity index (χ2v) is 3.29. The number of benzene rings is 1. The van der Waals surface area contributed by atoms with Gasteiger partial charge in [-0.25, -0.2) is 0 Å². The second kappa shape index (κ2) is 2.64. The van der Waals surface area contributed by atoms with Crippen molar-refractivity contribution in [3.05, 3.63) is 24.3 Å². The van der Waals surface area contributed by atoms with Gasteiger partial charge in [0.05, 0.1) is 6.61 Å². The van der Waals surface area contributed by atoms with Crippen LogP contribution in [0.15, 0.2) is 24.3 Å². The fraction of sp³-hybridized carbons (Fsp3) is 0.400. The Hall–Kier alpha value is -1.22. The minimum atomic E-state index is 0.0786. The first-order valence-corrected chi connectivity index (χ1v) is 4.43. The van der Waals surface area contributed by atoms with E-state index in [1.54, 1.807) is 0 Å². The fourth-order valence-electron chi connectivity index (χ4n) is 1.49. The van der Waals surface area contributed by atoms with E-state index in [9.17, 15) is 0 Å². The molecule has 0 bridgehead atoms. The summed E-state index contributed by atoms with van der Waals surface area (Å²) in [5, 5.41) is 0. The summed E-state index contributed by atoms with van der Waals surface area (Å²) in [5.74, 6) is 1.66. The quantitative estimate of drug-likeness (QED) is 0.606. The summed E-state index contributed by atoms with van der Waals surface area (Å²) >= 11 is 0. The number of fused-ring (bicyclic) bond motifs is 1. The molecule has 2 atom stereocenters. The Balaban J connectivity index is 1.85. The standard InChI is InChI=1S/C10H10O3/c1-2-4-8-7(3-1)11-6-10(13-8)9-5-12-9/h1-4,9-10H,5-6H2/t9-,10-/m0/s1. The molecule has 0 radical (unpaired) electrons. The Morgan fingerprint density at radius 1 is 1.00 bits per heavy atom. The first-order valence-electron chi connectivity index (χ1n) is 4.43. The highest BCUT2D eigenvalue weighted by Crippen LogP contribution is 2.33. The topological polar surface area (TPSA) is 31.0 Å². The Kier molecular flexibility index (Phi) is 1.46. The van der Waals surface area contributed by atoms with Gasteiger partial charge in [-0.3, -0.25) is 0 Å². The summed E-state index contributed by atoms with van der Waals surface area (Å²) in [7, 11) is 0. The molecule has 0 saturated carbocycles. The lowest BCUT2D eigenvalue weighted by Gasteiger charge is -2.25. The Morgan fingerprint density at radius 3 is 2.54 bits per heavy atom. The Bertz CT molecular complexity index is 320. The van der Waals surface area contributed by atoms with Gasteiger partial charge in [0.1, 0.15) is 12.7 Å². The van der Waals surface area contributed by atoms with Crippen molar-refractivity contribution in [1.82, 2.24) is 0 Å². The van der Waals surface area contributed by atoms with E-state index in [-0.39, 0.29) is 12.2 Å². The van der Waals surface area contributed by atoms with Gasteiger partial charge in [-0.1, -0.05) is 12.1 Å². The molecule has 2 aliphatic heterocycles. The van der Waals surface area contributed by atoms with E-state index in [1.807, 2.05) is 24.3 Å². The summed E-state index contributed by atoms with van der Waals surface area (Å²) in [6, 6.07) is 7.72. The number of hydrogen-bond donors (Lipinski definition) is 0. The van der Waals surface area contributed by atoms with Gasteiger partial charge in [0.15, 0.2) is 17.6 Å². The lowest BCUT2D eigenvalue weighted by molar-refractivity contribution is 0.0690. The van der Waals surface area contributed by atoms with Crippen molar-refractivity contribution >= 4 is 0 Å². The maximum Gasteiger partial charge on any atom is 0.161 e. The van der Waals surface area contributed by atoms with Gasteiger partial charge >= 0.3 is 0 Å². The van der Waals surface area contributed by atoms with E-state index in [1.165, 1.54) is 0 Å². The van der Waals surface area contributed by atoms with E-state index in [0.29, 0.717) is 6.61 Å². The number of ether oxygens (including phenoxy) is 3. The van der Waals surface area contributed by atoms with Gasteiger partial charge in [-0.15, -0.1) is 0 Å². The van der Waals surface area contributed by atoms with Gasteiger partial charge < -0.3 is 14.2 Å². The molecule has 68 valence electrons. The van der Waals surface area contributed by atoms with E-state index < -0.39 is 0 Å². The zero-order valence-electron chi connectivity index (χ0n) is 7.10. The van der Waals surface area contributed by atoms with Gasteiger partial charge in [-0.05, 0) is 12.1 Å². The molecule has 1 aromatic rings. The van der Waals surface area contributed by atoms with Gasteiger partial charge in [0.25, 0.3) is 0 Å². The minimum Gasteiger partial charge on any atom is -0.486 e. The highest BCUT2D eigenvalue weighted by Gasteiger charge is 2.37. The molecule has 0 spiro atoms. The smallest absolute Gasteiger partial charge is 0.161 e. The fourth-order valence-corrected chi connectivity index (χ4v) is 1.49. The zero-order chi connectivity index (χ0) is 8.67. The molecule has 2 aliphatic rings. The third kappa shape index (κ3) is 1.25. The van der Waals surface area contributed by atoms with E-state index >= 15 is 0 Å². The lowest BCUT2D eigenvalue weighted by atomic mass is 10.2. The SMILES string of the molecule is c1ccc2c(c1)OC[C@@H]([C@@H]1CO1)O2. The van der Waals surface area contributed by atoms with E-state index in [0.717, 1.165) is 18.1 Å². The van der Waals surface area contributed by atoms with Crippen molar-refractivity contribution in [2.24, 2.45) is 0 Å². The summed E-state index contributed by atoms with van der Waals surface area (Å²) in [6.45, 7) is 1.40. The molecule has 13 heavy (non-hydrogen) atoms. The largest absolute Gasteiger partial charge is 0.486 e. The molecule has 0 N–H and O–H groups in total. The molecule has 1 aromatic carbocycles. The summed E-state index contributed by atoms with van der Waals surface area (Å²) in [6.07, 6.45) is 0.322. The van der Waals surface area contributed by atoms with Crippen molar-refractivity contribution < 1.29 is 14.2 Å². The molecule has 0 aromatic heterocycles. The van der Waals surface area contributed by atoms with Crippen molar-refractivity contribution in [3.63, 3.8) is 0 Å². The number of epoxide rings is 1. The zero-order valence-corrected chi connectivity index (χ0v) is 7.10. The van der Waals surface area contributed by atoms with Crippen LogP contribution in [0.4, 0.5) is 0 Å². The first kappa shape index (κ1) is 7.21. The first-order chi connectivity index (χ1) is 6.43. The molecule has 0 unspecified atom stereocenters. The van der Waals surface area contributed by atoms with Crippen LogP contribution in [-0.2, 0) is 4.74 Å². The van der Waals surface area contributed by atoms with Crippen molar-refractivity contribution in [3.8, 4) is 11.5 Å². The van der Waals surface area contributed by atoms with Crippen molar-refractivity contribution in [2.75, 3.05) is 13.2 Å². The minimum absolute atomic E-state index is 0.0786. The molecular weight excluding hydrogens is 168 g/mol. The van der Waals surface area contributed by atoms with Crippen LogP contribution >= 0.6 is 0 Å². The van der Waals surface area contributed by atoms with Crippen molar-refractivity contribution in [2.45, 2.75) is 12.2 Å². The number of hydrogen-bond acceptors (Lipinski definition) is 3. The van der Waals surface area contributed by atoms with Crippen molar-refractivity contribution in [1.29, 1.82) is 0 Å². The molecule has 3 rings (SSSR count). The van der Waals surface area contributed by atoms with Crippen LogP contribution in [-0.4, -0.2) is 25.4 Å². The molecule has 3 nitrogen and oxygen atoms in total. The van der Waals surface area contributed by atoms with Crippen LogP contribution in [0.5, 0.6) is 11.5 Å². The summed E-state index contributed by atoms with van der Waals surface area (Å²) in [4.78, 5) is 0. The molecular formula is C10H10O3. The second-order valence-electron chi connectivity index (χ2n) is 3.29. The summed E-state index contributed by atoms with van der Waals surface area (Å²) in [5.41, 5.74) is 0. The van der Waals surface area contributed by atoms with Gasteiger partial charge in [0, 0.05) is 0 Å².